The first-order chi connectivity index (χ1) is 1.41. The van der Waals surface area contributed by atoms with Crippen LogP contribution in [0, 0.1) is 0 Å². The molecule has 0 amide bonds. The molecule has 0 fully saturated rings. The molecule has 0 radical (unpaired) electrons. The van der Waals surface area contributed by atoms with Crippen LogP contribution in [-0.4, -0.2) is 48.9 Å². The Morgan fingerprint density at radius 1 is 1.25 bits per heavy atom. The summed E-state index contributed by atoms with van der Waals surface area (Å²) in [5.41, 5.74) is 0. The van der Waals surface area contributed by atoms with Crippen LogP contribution < -0.4 is 0 Å². The zero-order valence-electron chi connectivity index (χ0n) is 1.06. The van der Waals surface area contributed by atoms with E-state index in [2.05, 4.69) is 20.2 Å². The summed E-state index contributed by atoms with van der Waals surface area (Å²) in [6.07, 6.45) is 0. The van der Waals surface area contributed by atoms with Crippen molar-refractivity contribution in [3.63, 3.8) is 0 Å². The monoisotopic (exact) mass is 273 g/mol. The molecule has 0 saturated carbocycles. The predicted molar refractivity (Wildman–Crippen MR) is 20.2 cm³/mol. The van der Waals surface area contributed by atoms with Gasteiger partial charge in [-0.25, -0.2) is 0 Å². The summed E-state index contributed by atoms with van der Waals surface area (Å²) in [6, 6.07) is 0. The molecule has 4 heteroatoms. The summed E-state index contributed by atoms with van der Waals surface area (Å²) in [7, 11) is 9.34. The molecule has 0 aromatic carbocycles. The van der Waals surface area contributed by atoms with E-state index in [-0.39, 0.29) is 48.9 Å². The number of rotatable bonds is 0. The van der Waals surface area contributed by atoms with Gasteiger partial charge in [0.1, 0.15) is 0 Å². The first-order valence-electron chi connectivity index (χ1n) is 0.228. The third-order valence-electron chi connectivity index (χ3n) is 0. The average Bonchev–Trinajstić information content (AvgIpc) is 0.918. The second kappa shape index (κ2) is 9.18. The fourth-order valence-electron chi connectivity index (χ4n) is 0. The molecule has 0 heterocycles. The molecule has 0 bridgehead atoms. The van der Waals surface area contributed by atoms with Crippen molar-refractivity contribution in [1.29, 1.82) is 0 Å². The van der Waals surface area contributed by atoms with E-state index in [1.807, 2.05) is 0 Å². The van der Waals surface area contributed by atoms with E-state index in [0.717, 1.165) is 13.1 Å². The van der Waals surface area contributed by atoms with Crippen LogP contribution >= 0.6 is 20.2 Å². The number of hydrogen-bond donors (Lipinski definition) is 0. The molecule has 0 aromatic heterocycles. The molecule has 29 valence electrons. The SMILES string of the molecule is [BaH2].[Cl][Cu][Cl]. The third kappa shape index (κ3) is 8.82. The Bertz CT molecular complexity index is 6.00. The van der Waals surface area contributed by atoms with Gasteiger partial charge in [0, 0.05) is 0 Å². The summed E-state index contributed by atoms with van der Waals surface area (Å²) in [6.45, 7) is 0. The second-order valence-electron chi connectivity index (χ2n) is 0.0431. The average molecular weight is 274 g/mol. The summed E-state index contributed by atoms with van der Waals surface area (Å²) >= 11 is 0.757. The van der Waals surface area contributed by atoms with Crippen LogP contribution in [0.15, 0.2) is 0 Å². The van der Waals surface area contributed by atoms with E-state index in [4.69, 9.17) is 0 Å². The molecule has 0 atom stereocenters. The summed E-state index contributed by atoms with van der Waals surface area (Å²) in [5, 5.41) is 0. The van der Waals surface area contributed by atoms with Crippen molar-refractivity contribution >= 4 is 69.1 Å². The Kier molecular flexibility index (Phi) is 22.6. The van der Waals surface area contributed by atoms with Crippen molar-refractivity contribution in [2.45, 2.75) is 0 Å². The standard InChI is InChI=1S/Ba.2ClH.Cu.2H/h;2*1H;;;/q;;;+2;;/p-2. The van der Waals surface area contributed by atoms with Gasteiger partial charge in [-0.1, -0.05) is 0 Å². The third-order valence-corrected chi connectivity index (χ3v) is 0. The molecule has 0 saturated heterocycles. The second-order valence-corrected chi connectivity index (χ2v) is 1.60. The van der Waals surface area contributed by atoms with Gasteiger partial charge in [0.25, 0.3) is 0 Å². The van der Waals surface area contributed by atoms with Crippen molar-refractivity contribution < 1.29 is 13.1 Å². The van der Waals surface area contributed by atoms with Crippen LogP contribution in [-0.2, 0) is 13.1 Å². The first kappa shape index (κ1) is 9.83. The van der Waals surface area contributed by atoms with E-state index in [1.165, 1.54) is 0 Å². The van der Waals surface area contributed by atoms with Crippen molar-refractivity contribution in [2.75, 3.05) is 0 Å². The zero-order chi connectivity index (χ0) is 2.71. The van der Waals surface area contributed by atoms with Crippen molar-refractivity contribution in [1.82, 2.24) is 0 Å². The Morgan fingerprint density at radius 2 is 1.25 bits per heavy atom. The Hall–Kier alpha value is 2.67. The molecule has 4 heavy (non-hydrogen) atoms. The van der Waals surface area contributed by atoms with Gasteiger partial charge in [-0.05, 0) is 0 Å². The Morgan fingerprint density at radius 3 is 1.25 bits per heavy atom. The van der Waals surface area contributed by atoms with Crippen molar-refractivity contribution in [2.24, 2.45) is 0 Å². The quantitative estimate of drug-likeness (QED) is 0.563. The van der Waals surface area contributed by atoms with E-state index in [9.17, 15) is 0 Å². The van der Waals surface area contributed by atoms with Crippen molar-refractivity contribution in [3.05, 3.63) is 0 Å². The first-order valence-corrected chi connectivity index (χ1v) is 2.82. The van der Waals surface area contributed by atoms with Gasteiger partial charge in [0.15, 0.2) is 0 Å². The molecule has 0 rings (SSSR count). The summed E-state index contributed by atoms with van der Waals surface area (Å²) in [4.78, 5) is 0. The molecule has 0 aliphatic rings. The fourth-order valence-corrected chi connectivity index (χ4v) is 0. The maximum absolute atomic E-state index is 4.67. The van der Waals surface area contributed by atoms with Gasteiger partial charge in [0.2, 0.25) is 0 Å². The van der Waals surface area contributed by atoms with Gasteiger partial charge in [-0.15, -0.1) is 0 Å². The van der Waals surface area contributed by atoms with Gasteiger partial charge in [0.05, 0.1) is 0 Å². The van der Waals surface area contributed by atoms with Crippen LogP contribution in [0.3, 0.4) is 0 Å². The van der Waals surface area contributed by atoms with Crippen LogP contribution in [0.2, 0.25) is 0 Å². The Labute approximate surface area is 80.3 Å². The van der Waals surface area contributed by atoms with Gasteiger partial charge >= 0.3 is 82.2 Å². The molecular formula is H2BaCl2Cu. The van der Waals surface area contributed by atoms with Gasteiger partial charge < -0.3 is 0 Å². The van der Waals surface area contributed by atoms with E-state index < -0.39 is 0 Å². The van der Waals surface area contributed by atoms with Crippen LogP contribution in [0.1, 0.15) is 0 Å². The Balaban J connectivity index is 0. The molecule has 0 nitrogen and oxygen atoms in total. The molecular weight excluding hydrogens is 272 g/mol. The summed E-state index contributed by atoms with van der Waals surface area (Å²) in [5.74, 6) is 0. The maximum atomic E-state index is 4.67. The van der Waals surface area contributed by atoms with Gasteiger partial charge in [-0.3, -0.25) is 0 Å². The van der Waals surface area contributed by atoms with Crippen LogP contribution in [0.5, 0.6) is 0 Å². The van der Waals surface area contributed by atoms with Crippen molar-refractivity contribution in [3.8, 4) is 0 Å². The molecule has 0 aromatic rings. The minimum atomic E-state index is 0. The van der Waals surface area contributed by atoms with E-state index in [0.29, 0.717) is 0 Å². The van der Waals surface area contributed by atoms with Crippen LogP contribution in [0.4, 0.5) is 0 Å². The molecule has 0 N–H and O–H groups in total. The molecule has 0 spiro atoms. The topological polar surface area (TPSA) is 0 Å². The predicted octanol–water partition coefficient (Wildman–Crippen LogP) is 0.460. The fraction of sp³-hybridized carbons (Fsp3) is 0. The van der Waals surface area contributed by atoms with E-state index >= 15 is 0 Å². The molecule has 0 aliphatic carbocycles. The number of hydrogen-bond acceptors (Lipinski definition) is 0. The van der Waals surface area contributed by atoms with Gasteiger partial charge in [-0.2, -0.15) is 0 Å². The van der Waals surface area contributed by atoms with E-state index in [1.54, 1.807) is 0 Å². The zero-order valence-corrected chi connectivity index (χ0v) is 3.51. The normalized spacial score (nSPS) is 5.50. The minimum absolute atomic E-state index is 0. The van der Waals surface area contributed by atoms with Crippen LogP contribution in [0.25, 0.3) is 0 Å². The molecule has 0 unspecified atom stereocenters. The molecule has 0 aliphatic heterocycles. The number of halogens is 2. The summed E-state index contributed by atoms with van der Waals surface area (Å²) < 4.78 is 0.